The number of carbonyl (C=O) groups excluding carboxylic acids is 3. The molecular formula is C80H148F12O12Si3. The molecular weight excluding hydrogens is 1470 g/mol. The molecule has 0 N–H and O–H groups in total. The first kappa shape index (κ1) is 103. The molecule has 12 aliphatic carbocycles. The summed E-state index contributed by atoms with van der Waals surface area (Å²) < 4.78 is 209. The van der Waals surface area contributed by atoms with Gasteiger partial charge in [0.05, 0.1) is 0 Å². The fourth-order valence-electron chi connectivity index (χ4n) is 21.3. The van der Waals surface area contributed by atoms with Gasteiger partial charge in [-0.2, -0.15) is 52.7 Å². The molecule has 0 aromatic carbocycles. The van der Waals surface area contributed by atoms with E-state index in [4.69, 9.17) is 32.2 Å². The van der Waals surface area contributed by atoms with E-state index < -0.39 is 115 Å². The Morgan fingerprint density at radius 3 is 0.869 bits per heavy atom. The Kier molecular flexibility index (Phi) is 35.4. The molecule has 0 amide bonds. The van der Waals surface area contributed by atoms with Gasteiger partial charge in [-0.3, -0.25) is 0 Å². The van der Waals surface area contributed by atoms with E-state index in [9.17, 15) is 67.1 Å². The number of ether oxygens (including phenoxy) is 6. The molecule has 12 aliphatic rings. The molecule has 0 heterocycles. The number of fused-ring (bicyclic) bond motifs is 27. The van der Waals surface area contributed by atoms with E-state index in [1.165, 1.54) is 59.3 Å². The average molecular weight is 1610 g/mol. The first-order chi connectivity index (χ1) is 45.7. The summed E-state index contributed by atoms with van der Waals surface area (Å²) in [5.41, 5.74) is -10.1. The van der Waals surface area contributed by atoms with Gasteiger partial charge >= 0.3 is 48.8 Å². The SMILES string of the molecule is C.C.C.C.C.C.CC(C)(C)OC(=O)OC(C)(CC1CC2CC1C1C3CCC(C3)C21)C(F)(F)F.CC(C)(C)OC(=O)OC(CC1CC2CC1C1C3CCC(C3)C21)(C(F)(F)F)C(F)(F)F.CC(C)(C)OC(=O)OC(CC1CC2CC1C1C3CCC(C3)C21)C(F)(F)F.CO[Si](C)(C)C.CO[Si](C)(C)C.CO[Si](C)(C)C. The van der Waals surface area contributed by atoms with Crippen LogP contribution in [0.1, 0.15) is 229 Å². The second-order valence-corrected chi connectivity index (χ2v) is 52.2. The number of hydrogen-bond acceptors (Lipinski definition) is 12. The highest BCUT2D eigenvalue weighted by atomic mass is 28.4. The standard InChI is InChI=1S/C21H28F6O3.C21H31F3O3.C20H29F3O3.3C4H12OSi.6CH4/c1-18(2,3)29-17(28)30-19(20(22,23)24,21(25,26)27)9-13-7-12-8-14(13)16-11-5-4-10(6-11)15(12)16;1-19(2,3)26-18(25)27-20(4,21(22,23)24)10-14-8-13-9-15(14)17-12-6-5-11(7-12)16(13)17;1-19(2,3)26-18(24)25-15(20(21,22)23)9-12-7-13-8-14(12)17-11-5-4-10(6-11)16(13)17;3*1-5-6(2,3)4;;;;;;/h10-16H,4-9H2,1-3H3;11-17H,5-10H2,1-4H3;10-17H,4-9H2,1-3H3;3*1-4H3;6*1H4. The van der Waals surface area contributed by atoms with Gasteiger partial charge in [0.1, 0.15) is 16.8 Å². The second-order valence-electron chi connectivity index (χ2n) is 38.3. The zero-order chi connectivity index (χ0) is 76.5. The van der Waals surface area contributed by atoms with E-state index in [0.717, 1.165) is 87.4 Å². The van der Waals surface area contributed by atoms with Crippen molar-refractivity contribution in [1.82, 2.24) is 0 Å². The van der Waals surface area contributed by atoms with Gasteiger partial charge in [0, 0.05) is 27.8 Å². The lowest BCUT2D eigenvalue weighted by atomic mass is 9.65. The van der Waals surface area contributed by atoms with Crippen molar-refractivity contribution >= 4 is 43.4 Å². The highest BCUT2D eigenvalue weighted by Crippen LogP contribution is 2.73. The highest BCUT2D eigenvalue weighted by Gasteiger charge is 2.77. The Morgan fingerprint density at radius 2 is 0.598 bits per heavy atom. The van der Waals surface area contributed by atoms with Crippen LogP contribution in [0.2, 0.25) is 58.9 Å². The van der Waals surface area contributed by atoms with Crippen molar-refractivity contribution in [2.45, 2.75) is 347 Å². The molecule has 27 heteroatoms. The quantitative estimate of drug-likeness (QED) is 0.0605. The van der Waals surface area contributed by atoms with Crippen molar-refractivity contribution in [1.29, 1.82) is 0 Å². The largest absolute Gasteiger partial charge is 0.510 e. The van der Waals surface area contributed by atoms with Crippen LogP contribution in [0, 0.1) is 124 Å². The van der Waals surface area contributed by atoms with E-state index in [1.807, 2.05) is 0 Å². The first-order valence-corrected chi connectivity index (χ1v) is 47.6. The van der Waals surface area contributed by atoms with Crippen LogP contribution in [0.5, 0.6) is 0 Å². The van der Waals surface area contributed by atoms with E-state index in [1.54, 1.807) is 62.9 Å². The summed E-state index contributed by atoms with van der Waals surface area (Å²) in [6, 6.07) is 0. The van der Waals surface area contributed by atoms with Gasteiger partial charge < -0.3 is 41.7 Å². The summed E-state index contributed by atoms with van der Waals surface area (Å²) in [6.45, 7) is 34.2. The molecule has 12 saturated carbocycles. The molecule has 636 valence electrons. The molecule has 12 fully saturated rings. The van der Waals surface area contributed by atoms with Crippen molar-refractivity contribution < 1.29 is 109 Å². The van der Waals surface area contributed by atoms with Crippen molar-refractivity contribution in [3.8, 4) is 0 Å². The summed E-state index contributed by atoms with van der Waals surface area (Å²) in [5, 5.41) is 0. The Hall–Kier alpha value is -2.50. The van der Waals surface area contributed by atoms with Gasteiger partial charge in [0.25, 0.3) is 0 Å². The van der Waals surface area contributed by atoms with Gasteiger partial charge in [-0.15, -0.1) is 0 Å². The van der Waals surface area contributed by atoms with Gasteiger partial charge in [-0.25, -0.2) is 14.4 Å². The molecule has 12 bridgehead atoms. The van der Waals surface area contributed by atoms with Gasteiger partial charge in [-0.05, 0) is 362 Å². The minimum Gasteiger partial charge on any atom is -0.429 e. The average Bonchev–Trinajstić information content (AvgIpc) is 1.56. The molecule has 0 aromatic heterocycles. The third-order valence-corrected chi connectivity index (χ3v) is 28.7. The molecule has 23 atom stereocenters. The fraction of sp³-hybridized carbons (Fsp3) is 0.963. The Labute approximate surface area is 642 Å². The molecule has 23 unspecified atom stereocenters. The lowest BCUT2D eigenvalue weighted by Crippen LogP contribution is -2.61. The number of alkyl halides is 12. The van der Waals surface area contributed by atoms with E-state index in [-0.39, 0.29) is 87.0 Å². The smallest absolute Gasteiger partial charge is 0.429 e. The van der Waals surface area contributed by atoms with Crippen LogP contribution in [0.4, 0.5) is 67.1 Å². The number of halogens is 12. The van der Waals surface area contributed by atoms with Crippen LogP contribution in [0.25, 0.3) is 0 Å². The zero-order valence-electron chi connectivity index (χ0n) is 64.4. The zero-order valence-corrected chi connectivity index (χ0v) is 67.4. The predicted molar refractivity (Wildman–Crippen MR) is 409 cm³/mol. The van der Waals surface area contributed by atoms with Crippen LogP contribution < -0.4 is 0 Å². The van der Waals surface area contributed by atoms with Crippen molar-refractivity contribution in [3.63, 3.8) is 0 Å². The summed E-state index contributed by atoms with van der Waals surface area (Å²) in [5.74, 6) is 8.84. The molecule has 0 saturated heterocycles. The van der Waals surface area contributed by atoms with E-state index in [2.05, 4.69) is 68.4 Å². The Morgan fingerprint density at radius 1 is 0.336 bits per heavy atom. The molecule has 12 rings (SSSR count). The van der Waals surface area contributed by atoms with Gasteiger partial charge in [0.2, 0.25) is 11.7 Å². The van der Waals surface area contributed by atoms with Crippen molar-refractivity contribution in [2.75, 3.05) is 21.3 Å². The molecule has 0 radical (unpaired) electrons. The highest BCUT2D eigenvalue weighted by molar-refractivity contribution is 6.70. The summed E-state index contributed by atoms with van der Waals surface area (Å²) in [6.07, 6.45) is -12.8. The maximum absolute atomic E-state index is 13.9. The minimum absolute atomic E-state index is 0. The minimum atomic E-state index is -5.79. The summed E-state index contributed by atoms with van der Waals surface area (Å²) in [7, 11) is 1.92. The van der Waals surface area contributed by atoms with Gasteiger partial charge in [0.15, 0.2) is 25.0 Å². The van der Waals surface area contributed by atoms with Gasteiger partial charge in [-0.1, -0.05) is 44.6 Å². The van der Waals surface area contributed by atoms with Crippen LogP contribution >= 0.6 is 0 Å². The Balaban J connectivity index is 0.000000701. The second kappa shape index (κ2) is 37.0. The molecule has 0 aromatic rings. The fourth-order valence-corrected chi connectivity index (χ4v) is 21.3. The maximum atomic E-state index is 13.9. The third kappa shape index (κ3) is 25.2. The van der Waals surface area contributed by atoms with Crippen LogP contribution in [-0.4, -0.2) is 124 Å². The maximum Gasteiger partial charge on any atom is 0.510 e. The topological polar surface area (TPSA) is 134 Å². The number of rotatable bonds is 12. The Bertz CT molecular complexity index is 2720. The lowest BCUT2D eigenvalue weighted by Gasteiger charge is -2.43. The van der Waals surface area contributed by atoms with E-state index in [0.29, 0.717) is 66.1 Å². The van der Waals surface area contributed by atoms with Crippen LogP contribution in [-0.2, 0) is 41.7 Å². The third-order valence-electron chi connectivity index (χ3n) is 25.0. The molecule has 0 spiro atoms. The number of carbonyl (C=O) groups is 3. The van der Waals surface area contributed by atoms with Crippen LogP contribution in [0.15, 0.2) is 0 Å². The van der Waals surface area contributed by atoms with Crippen molar-refractivity contribution in [2.24, 2.45) is 124 Å². The predicted octanol–water partition coefficient (Wildman–Crippen LogP) is 26.3. The summed E-state index contributed by atoms with van der Waals surface area (Å²) in [4.78, 5) is 35.7. The summed E-state index contributed by atoms with van der Waals surface area (Å²) >= 11 is 0. The first-order valence-electron chi connectivity index (χ1n) is 37.4. The van der Waals surface area contributed by atoms with E-state index >= 15 is 0 Å². The van der Waals surface area contributed by atoms with Crippen molar-refractivity contribution in [3.05, 3.63) is 0 Å². The lowest BCUT2D eigenvalue weighted by molar-refractivity contribution is -0.374. The monoisotopic (exact) mass is 1610 g/mol. The molecule has 12 nitrogen and oxygen atoms in total. The normalized spacial score (nSPS) is 33.5. The van der Waals surface area contributed by atoms with Crippen LogP contribution in [0.3, 0.4) is 0 Å². The number of hydrogen-bond donors (Lipinski definition) is 0. The molecule has 107 heavy (non-hydrogen) atoms. The molecule has 0 aliphatic heterocycles.